The van der Waals surface area contributed by atoms with Crippen LogP contribution in [0.25, 0.3) is 11.1 Å². The topological polar surface area (TPSA) is 41.1 Å². The minimum atomic E-state index is -1.50. The molecule has 2 aliphatic rings. The second-order valence-electron chi connectivity index (χ2n) is 7.16. The van der Waals surface area contributed by atoms with E-state index in [4.69, 9.17) is 0 Å². The van der Waals surface area contributed by atoms with Crippen LogP contribution in [0.5, 0.6) is 0 Å². The van der Waals surface area contributed by atoms with Crippen LogP contribution in [-0.2, 0) is 4.79 Å². The van der Waals surface area contributed by atoms with E-state index in [1.807, 2.05) is 0 Å². The van der Waals surface area contributed by atoms with Crippen molar-refractivity contribution >= 4 is 11.6 Å². The summed E-state index contributed by atoms with van der Waals surface area (Å²) in [7, 11) is 0. The third-order valence-electron chi connectivity index (χ3n) is 5.59. The molecule has 2 fully saturated rings. The van der Waals surface area contributed by atoms with Crippen molar-refractivity contribution in [3.05, 3.63) is 53.8 Å². The summed E-state index contributed by atoms with van der Waals surface area (Å²) in [5.41, 5.74) is 1.21. The summed E-state index contributed by atoms with van der Waals surface area (Å²) in [5, 5.41) is 6.20. The average Bonchev–Trinajstić information content (AvgIpc) is 3.33. The lowest BCUT2D eigenvalue weighted by Crippen LogP contribution is -2.31. The van der Waals surface area contributed by atoms with Crippen molar-refractivity contribution in [1.29, 1.82) is 0 Å². The van der Waals surface area contributed by atoms with Gasteiger partial charge in [0.25, 0.3) is 0 Å². The highest BCUT2D eigenvalue weighted by Gasteiger charge is 2.57. The van der Waals surface area contributed by atoms with E-state index in [0.29, 0.717) is 11.3 Å². The maximum absolute atomic E-state index is 13.6. The van der Waals surface area contributed by atoms with Crippen LogP contribution < -0.4 is 10.6 Å². The van der Waals surface area contributed by atoms with Gasteiger partial charge in [-0.2, -0.15) is 0 Å². The predicted molar refractivity (Wildman–Crippen MR) is 93.0 cm³/mol. The fourth-order valence-corrected chi connectivity index (χ4v) is 3.97. The van der Waals surface area contributed by atoms with Crippen LogP contribution in [0.2, 0.25) is 0 Å². The molecule has 1 saturated carbocycles. The molecule has 2 aromatic rings. The summed E-state index contributed by atoms with van der Waals surface area (Å²) in [5.74, 6) is -4.10. The van der Waals surface area contributed by atoms with E-state index in [9.17, 15) is 18.0 Å². The molecule has 4 rings (SSSR count). The molecular weight excluding hydrogens is 341 g/mol. The summed E-state index contributed by atoms with van der Waals surface area (Å²) in [6.45, 7) is 1.85. The lowest BCUT2D eigenvalue weighted by Gasteiger charge is -2.23. The first-order valence-corrected chi connectivity index (χ1v) is 8.76. The van der Waals surface area contributed by atoms with Crippen molar-refractivity contribution in [2.75, 3.05) is 18.4 Å². The van der Waals surface area contributed by atoms with Gasteiger partial charge in [0.05, 0.1) is 0 Å². The number of benzene rings is 2. The third kappa shape index (κ3) is 2.98. The van der Waals surface area contributed by atoms with Crippen LogP contribution in [0, 0.1) is 28.8 Å². The van der Waals surface area contributed by atoms with Crippen LogP contribution in [0.1, 0.15) is 19.3 Å². The number of piperidine rings is 1. The number of anilines is 1. The van der Waals surface area contributed by atoms with E-state index in [1.54, 1.807) is 24.3 Å². The molecule has 2 N–H and O–H groups in total. The predicted octanol–water partition coefficient (Wildman–Crippen LogP) is 4.10. The first-order chi connectivity index (χ1) is 12.5. The van der Waals surface area contributed by atoms with Crippen molar-refractivity contribution in [1.82, 2.24) is 5.32 Å². The largest absolute Gasteiger partial charge is 0.325 e. The molecule has 1 heterocycles. The highest BCUT2D eigenvalue weighted by molar-refractivity contribution is 5.98. The summed E-state index contributed by atoms with van der Waals surface area (Å²) in [6, 6.07) is 8.65. The Balaban J connectivity index is 1.58. The van der Waals surface area contributed by atoms with E-state index in [2.05, 4.69) is 10.6 Å². The molecule has 1 aliphatic carbocycles. The highest BCUT2D eigenvalue weighted by atomic mass is 19.2. The molecule has 0 aromatic heterocycles. The lowest BCUT2D eigenvalue weighted by molar-refractivity contribution is -0.118. The number of halogens is 3. The molecule has 1 amide bonds. The number of hydrogen-bond donors (Lipinski definition) is 2. The van der Waals surface area contributed by atoms with Crippen LogP contribution in [0.3, 0.4) is 0 Å². The Hall–Kier alpha value is -2.34. The molecule has 6 heteroatoms. The van der Waals surface area contributed by atoms with E-state index in [-0.39, 0.29) is 22.8 Å². The van der Waals surface area contributed by atoms with Gasteiger partial charge < -0.3 is 10.6 Å². The van der Waals surface area contributed by atoms with Crippen molar-refractivity contribution in [2.24, 2.45) is 11.3 Å². The van der Waals surface area contributed by atoms with Crippen LogP contribution in [-0.4, -0.2) is 19.0 Å². The SMILES string of the molecule is O=C(Nc1ccccc1-c1cc(F)c(F)c(F)c1)C1CC12CCNCC2. The van der Waals surface area contributed by atoms with Gasteiger partial charge in [0.15, 0.2) is 17.5 Å². The molecule has 1 atom stereocenters. The standard InChI is InChI=1S/C20H19F3N2O/c21-15-9-12(10-16(22)18(15)23)13-3-1-2-4-17(13)25-19(26)14-11-20(14)5-7-24-8-6-20/h1-4,9-10,14,24H,5-8,11H2,(H,25,26). The average molecular weight is 360 g/mol. The monoisotopic (exact) mass is 360 g/mol. The molecule has 2 aromatic carbocycles. The first kappa shape index (κ1) is 17.1. The van der Waals surface area contributed by atoms with Gasteiger partial charge in [-0.3, -0.25) is 4.79 Å². The number of amides is 1. The summed E-state index contributed by atoms with van der Waals surface area (Å²) in [4.78, 5) is 12.7. The summed E-state index contributed by atoms with van der Waals surface area (Å²) in [6.07, 6.45) is 2.85. The number of nitrogens with one attached hydrogen (secondary N) is 2. The molecule has 136 valence electrons. The Morgan fingerprint density at radius 2 is 1.73 bits per heavy atom. The van der Waals surface area contributed by atoms with Gasteiger partial charge >= 0.3 is 0 Å². The van der Waals surface area contributed by atoms with Gasteiger partial charge in [-0.05, 0) is 61.5 Å². The molecule has 0 bridgehead atoms. The third-order valence-corrected chi connectivity index (χ3v) is 5.59. The normalized spacial score (nSPS) is 20.8. The number of para-hydroxylation sites is 1. The van der Waals surface area contributed by atoms with Crippen molar-refractivity contribution in [3.63, 3.8) is 0 Å². The fourth-order valence-electron chi connectivity index (χ4n) is 3.97. The Kier molecular flexibility index (Phi) is 4.23. The Morgan fingerprint density at radius 3 is 2.42 bits per heavy atom. The van der Waals surface area contributed by atoms with E-state index in [1.165, 1.54) is 0 Å². The zero-order valence-electron chi connectivity index (χ0n) is 14.1. The minimum absolute atomic E-state index is 0.0284. The second kappa shape index (κ2) is 6.43. The van der Waals surface area contributed by atoms with Crippen LogP contribution >= 0.6 is 0 Å². The molecule has 1 aliphatic heterocycles. The number of hydrogen-bond acceptors (Lipinski definition) is 2. The van der Waals surface area contributed by atoms with Crippen LogP contribution in [0.15, 0.2) is 36.4 Å². The van der Waals surface area contributed by atoms with Crippen LogP contribution in [0.4, 0.5) is 18.9 Å². The zero-order chi connectivity index (χ0) is 18.3. The molecule has 1 spiro atoms. The van der Waals surface area contributed by atoms with E-state index in [0.717, 1.165) is 44.5 Å². The van der Waals surface area contributed by atoms with Gasteiger partial charge in [-0.25, -0.2) is 13.2 Å². The Labute approximate surface area is 149 Å². The number of carbonyl (C=O) groups excluding carboxylic acids is 1. The van der Waals surface area contributed by atoms with E-state index < -0.39 is 17.5 Å². The smallest absolute Gasteiger partial charge is 0.228 e. The van der Waals surface area contributed by atoms with Gasteiger partial charge in [0.2, 0.25) is 5.91 Å². The van der Waals surface area contributed by atoms with Gasteiger partial charge in [-0.15, -0.1) is 0 Å². The summed E-state index contributed by atoms with van der Waals surface area (Å²) < 4.78 is 40.4. The summed E-state index contributed by atoms with van der Waals surface area (Å²) >= 11 is 0. The zero-order valence-corrected chi connectivity index (χ0v) is 14.1. The van der Waals surface area contributed by atoms with Gasteiger partial charge in [0, 0.05) is 17.2 Å². The Morgan fingerprint density at radius 1 is 1.08 bits per heavy atom. The first-order valence-electron chi connectivity index (χ1n) is 8.76. The maximum atomic E-state index is 13.6. The second-order valence-corrected chi connectivity index (χ2v) is 7.16. The van der Waals surface area contributed by atoms with Crippen molar-refractivity contribution in [2.45, 2.75) is 19.3 Å². The molecule has 0 radical (unpaired) electrons. The molecule has 1 saturated heterocycles. The van der Waals surface area contributed by atoms with E-state index >= 15 is 0 Å². The number of carbonyl (C=O) groups is 1. The fraction of sp³-hybridized carbons (Fsp3) is 0.350. The highest BCUT2D eigenvalue weighted by Crippen LogP contribution is 2.58. The lowest BCUT2D eigenvalue weighted by atomic mass is 9.91. The van der Waals surface area contributed by atoms with Gasteiger partial charge in [-0.1, -0.05) is 18.2 Å². The molecule has 1 unspecified atom stereocenters. The molecule has 3 nitrogen and oxygen atoms in total. The molecular formula is C20H19F3N2O. The quantitative estimate of drug-likeness (QED) is 0.809. The maximum Gasteiger partial charge on any atom is 0.228 e. The van der Waals surface area contributed by atoms with Crippen molar-refractivity contribution < 1.29 is 18.0 Å². The minimum Gasteiger partial charge on any atom is -0.325 e. The Bertz CT molecular complexity index is 839. The van der Waals surface area contributed by atoms with Crippen molar-refractivity contribution in [3.8, 4) is 11.1 Å². The number of rotatable bonds is 3. The molecule has 26 heavy (non-hydrogen) atoms. The van der Waals surface area contributed by atoms with Gasteiger partial charge in [0.1, 0.15) is 0 Å².